The summed E-state index contributed by atoms with van der Waals surface area (Å²) in [5.41, 5.74) is 28.0. The Hall–Kier alpha value is -11.8. The van der Waals surface area contributed by atoms with Gasteiger partial charge in [0, 0.05) is 205 Å². The van der Waals surface area contributed by atoms with Crippen LogP contribution in [0.4, 0.5) is 34.5 Å². The number of nitrogens with one attached hydrogen (secondary N) is 6. The van der Waals surface area contributed by atoms with E-state index in [1.807, 2.05) is 126 Å². The number of aromatic nitrogens is 12. The van der Waals surface area contributed by atoms with Gasteiger partial charge in [0.05, 0.1) is 92.7 Å². The minimum absolute atomic E-state index is 0.170. The van der Waals surface area contributed by atoms with Crippen LogP contribution in [-0.4, -0.2) is 235 Å². The molecule has 10 N–H and O–H groups in total. The molecule has 35 nitrogen and oxygen atoms in total. The van der Waals surface area contributed by atoms with Crippen molar-refractivity contribution in [3.8, 4) is 0 Å². The molecule has 2 saturated carbocycles. The van der Waals surface area contributed by atoms with Crippen molar-refractivity contribution in [2.75, 3.05) is 108 Å². The SMILES string of the molecule is C=S(C)(=O)Nc1ccc(Cl)cc1C(=O)N1CCCCC1c1cc2nc(NC3CC(N)C3)c(C)cn2n1.C=S(C)(=O)Nc1ccc(Cl)cc1C(=O)N1CCCCC1c1cc2nc(NCC(N)c3ccccc3)c(C)cn2n1.CN[C@@H]1CCN(c2nc3cc([C@@H]4CCCCN4C(=O)c4cc(Cl)ccc4NS(C)(=O)=O)nn3cc2C)C1.Cc1cn2nc(C3CCCCN3C(=O)c3cc(Cl)ccc3CS(C)(=O)=O)cc2nc1CCC1(C)CC1. The van der Waals surface area contributed by atoms with E-state index in [2.05, 4.69) is 60.6 Å². The number of amides is 4. The third-order valence-electron chi connectivity index (χ3n) is 28.6. The Kier molecular flexibility index (Phi) is 33.1. The number of halogens is 4. The molecule has 6 unspecified atom stereocenters. The first-order valence-corrected chi connectivity index (χ1v) is 60.3. The molecule has 149 heavy (non-hydrogen) atoms. The molecule has 0 bridgehead atoms. The van der Waals surface area contributed by atoms with E-state index < -0.39 is 39.3 Å². The molecule has 43 heteroatoms. The van der Waals surface area contributed by atoms with Gasteiger partial charge in [-0.2, -0.15) is 20.4 Å². The van der Waals surface area contributed by atoms with Gasteiger partial charge in [0.15, 0.2) is 32.4 Å². The number of sulfone groups is 1. The molecule has 0 radical (unpaired) electrons. The summed E-state index contributed by atoms with van der Waals surface area (Å²) >= 11 is 24.9. The lowest BCUT2D eigenvalue weighted by Crippen LogP contribution is -2.44. The van der Waals surface area contributed by atoms with Crippen LogP contribution in [0.2, 0.25) is 20.1 Å². The van der Waals surface area contributed by atoms with Crippen LogP contribution >= 0.6 is 46.4 Å². The third-order valence-corrected chi connectivity index (χ3v) is 32.3. The Balaban J connectivity index is 0.000000135. The van der Waals surface area contributed by atoms with Gasteiger partial charge in [0.25, 0.3) is 23.6 Å². The maximum atomic E-state index is 13.9. The van der Waals surface area contributed by atoms with Gasteiger partial charge in [-0.15, -0.1) is 0 Å². The first kappa shape index (κ1) is 108. The topological polar surface area (TPSA) is 432 Å². The number of likely N-dealkylation sites (N-methyl/N-ethyl adjacent to an activating group) is 1. The van der Waals surface area contributed by atoms with E-state index in [-0.39, 0.29) is 76.9 Å². The molecule has 0 spiro atoms. The number of aryl methyl sites for hydroxylation is 5. The molecule has 792 valence electrons. The molecule has 5 saturated heterocycles. The highest BCUT2D eigenvalue weighted by molar-refractivity contribution is 8.01. The van der Waals surface area contributed by atoms with Crippen molar-refractivity contribution >= 4 is 178 Å². The summed E-state index contributed by atoms with van der Waals surface area (Å²) in [4.78, 5) is 84.3. The van der Waals surface area contributed by atoms with Crippen LogP contribution in [0.15, 0.2) is 152 Å². The lowest BCUT2D eigenvalue weighted by Gasteiger charge is -2.35. The second-order valence-corrected chi connectivity index (χ2v) is 51.3. The summed E-state index contributed by atoms with van der Waals surface area (Å²) in [6, 6.07) is 37.1. The highest BCUT2D eigenvalue weighted by Gasteiger charge is 2.41. The fourth-order valence-corrected chi connectivity index (χ4v) is 23.8. The number of nitrogens with two attached hydrogens (primary N) is 2. The zero-order valence-corrected chi connectivity index (χ0v) is 91.8. The number of nitrogens with zero attached hydrogens (tertiary/aromatic N) is 17. The third kappa shape index (κ3) is 26.7. The molecule has 2 aliphatic carbocycles. The first-order valence-electron chi connectivity index (χ1n) is 50.5. The molecule has 13 aromatic rings. The lowest BCUT2D eigenvalue weighted by molar-refractivity contribution is 0.0598. The molecule has 7 fully saturated rings. The monoisotopic (exact) mass is 2180 g/mol. The van der Waals surface area contributed by atoms with E-state index in [9.17, 15) is 44.4 Å². The van der Waals surface area contributed by atoms with Crippen molar-refractivity contribution in [1.82, 2.24) is 83.3 Å². The van der Waals surface area contributed by atoms with Crippen LogP contribution < -0.4 is 46.5 Å². The summed E-state index contributed by atoms with van der Waals surface area (Å²) in [6.07, 6.45) is 31.4. The van der Waals surface area contributed by atoms with E-state index in [1.54, 1.807) is 79.1 Å². The normalized spacial score (nSPS) is 20.3. The quantitative estimate of drug-likeness (QED) is 0.0222. The van der Waals surface area contributed by atoms with Gasteiger partial charge < -0.3 is 61.4 Å². The Labute approximate surface area is 890 Å². The largest absolute Gasteiger partial charge is 0.368 e. The van der Waals surface area contributed by atoms with E-state index in [0.29, 0.717) is 110 Å². The average Bonchev–Trinajstić information content (AvgIpc) is 1.67. The minimum atomic E-state index is -3.58. The molecule has 20 rings (SSSR count). The smallest absolute Gasteiger partial charge is 0.256 e. The van der Waals surface area contributed by atoms with Crippen LogP contribution in [0.5, 0.6) is 0 Å². The highest BCUT2D eigenvalue weighted by Crippen LogP contribution is 2.49. The standard InChI is InChI=1S/C29H34ClN7O2S.C27H33ClN4O3S.C25H32ClN7O3S.C25H32ClN7O2S/c1-19-18-37-27(33-28(19)32-17-23(31)20-9-5-4-6-10-20)16-25(34-37)26-11-7-8-14-36(26)29(38)22-15-21(30)12-13-24(22)35-40(2,3)39;1-18-16-32-25(29-22(18)9-10-27(2)11-12-27)15-23(30-32)24-6-4-5-13-31(24)26(33)21-14-20(28)8-7-19(21)17-36(3,34)35;1-16-14-33-23(28-24(16)31-11-9-18(15-31)27-2)13-21(29-33)22-6-4-5-10-32(22)25(34)19-12-17(26)7-8-20(19)30-37(3,35)36;1-15-14-33-23(29-24(15)28-18-11-17(27)12-18)13-21(30-33)22-6-4-5-9-32(22)25(34)19-10-16(26)7-8-20(19)31-36(2,3)35/h4-6,9-10,12-13,15-16,18,23,26H,2,7-8,11,14,17,31H2,1,3H3,(H,32,33)(H,35,39);7-8,14-16,24H,4-6,9-13,17H2,1-3H3;7-8,12-14,18,22,27,30H,4-6,9-11,15H2,1-3H3;7-8,10,13-14,17-18,22H,2,4-6,9,11-12,27H2,1,3H3,(H,28,29)(H,31,35)/t;;18-,22+;/m..1./s1. The molecule has 5 aromatic carbocycles. The van der Waals surface area contributed by atoms with Crippen molar-refractivity contribution in [2.24, 2.45) is 16.9 Å². The number of rotatable bonds is 27. The average molecular weight is 2190 g/mol. The van der Waals surface area contributed by atoms with Gasteiger partial charge in [-0.25, -0.2) is 63.3 Å². The van der Waals surface area contributed by atoms with Gasteiger partial charge in [0.1, 0.15) is 17.5 Å². The fourth-order valence-electron chi connectivity index (χ4n) is 20.5. The number of carbonyl (C=O) groups is 4. The predicted octanol–water partition coefficient (Wildman–Crippen LogP) is 17.0. The second-order valence-electron chi connectivity index (χ2n) is 41.2. The van der Waals surface area contributed by atoms with Crippen LogP contribution in [0.3, 0.4) is 0 Å². The van der Waals surface area contributed by atoms with E-state index in [0.717, 1.165) is 219 Å². The first-order chi connectivity index (χ1) is 70.8. The molecular weight excluding hydrogens is 2050 g/mol. The summed E-state index contributed by atoms with van der Waals surface area (Å²) < 4.78 is 87.9. The molecule has 8 aromatic heterocycles. The van der Waals surface area contributed by atoms with Crippen molar-refractivity contribution < 1.29 is 44.4 Å². The Morgan fingerprint density at radius 3 is 1.28 bits per heavy atom. The van der Waals surface area contributed by atoms with Gasteiger partial charge in [0.2, 0.25) is 10.0 Å². The lowest BCUT2D eigenvalue weighted by atomic mass is 9.87. The second kappa shape index (κ2) is 45.4. The van der Waals surface area contributed by atoms with Crippen LogP contribution in [-0.2, 0) is 51.4 Å². The van der Waals surface area contributed by atoms with Gasteiger partial charge in [-0.3, -0.25) is 23.9 Å². The molecule has 8 atom stereocenters. The number of hydrogen-bond acceptors (Lipinski definition) is 24. The summed E-state index contributed by atoms with van der Waals surface area (Å²) in [6.45, 7) is 15.1. The maximum absolute atomic E-state index is 13.9. The van der Waals surface area contributed by atoms with Crippen molar-refractivity contribution in [2.45, 2.75) is 211 Å². The number of hydrogen-bond donors (Lipinski definition) is 8. The number of piperidine rings is 4. The van der Waals surface area contributed by atoms with Crippen molar-refractivity contribution in [1.29, 1.82) is 0 Å². The summed E-state index contributed by atoms with van der Waals surface area (Å²) in [5.74, 6) is 8.80. The van der Waals surface area contributed by atoms with Crippen LogP contribution in [0.25, 0.3) is 22.6 Å². The number of carbonyl (C=O) groups excluding carboxylic acids is 4. The minimum Gasteiger partial charge on any atom is -0.368 e. The molecule has 5 aliphatic heterocycles. The zero-order valence-electron chi connectivity index (χ0n) is 85.5. The number of fused-ring (bicyclic) bond motifs is 4. The summed E-state index contributed by atoms with van der Waals surface area (Å²) in [5, 5.41) is 31.1. The predicted molar refractivity (Wildman–Crippen MR) is 596 cm³/mol. The Morgan fingerprint density at radius 1 is 0.470 bits per heavy atom. The van der Waals surface area contributed by atoms with E-state index >= 15 is 0 Å². The van der Waals surface area contributed by atoms with Gasteiger partial charge in [-0.1, -0.05) is 89.7 Å². The van der Waals surface area contributed by atoms with Crippen molar-refractivity contribution in [3.63, 3.8) is 0 Å². The Bertz CT molecular complexity index is 7710. The number of anilines is 6. The highest BCUT2D eigenvalue weighted by atomic mass is 35.5. The van der Waals surface area contributed by atoms with E-state index in [4.69, 9.17) is 98.2 Å². The summed E-state index contributed by atoms with van der Waals surface area (Å²) in [7, 11) is -10.1. The molecule has 7 aliphatic rings. The zero-order chi connectivity index (χ0) is 106. The molecular formula is C106H131Cl4N25O10S4. The van der Waals surface area contributed by atoms with Crippen molar-refractivity contribution in [3.05, 3.63) is 256 Å². The number of likely N-dealkylation sites (tertiary alicyclic amines) is 4. The number of sulfonamides is 1. The Morgan fingerprint density at radius 2 is 0.866 bits per heavy atom. The van der Waals surface area contributed by atoms with Gasteiger partial charge >= 0.3 is 0 Å². The van der Waals surface area contributed by atoms with E-state index in [1.165, 1.54) is 43.7 Å². The van der Waals surface area contributed by atoms with Crippen LogP contribution in [0, 0.1) is 33.1 Å². The maximum Gasteiger partial charge on any atom is 0.256 e. The fraction of sp³-hybridized carbons (Fsp3) is 0.434. The molecule has 4 amide bonds. The van der Waals surface area contributed by atoms with Gasteiger partial charge in [-0.05, 0) is 257 Å². The molecule has 13 heterocycles. The van der Waals surface area contributed by atoms with Crippen LogP contribution in [0.1, 0.15) is 256 Å². The number of benzene rings is 5.